The summed E-state index contributed by atoms with van der Waals surface area (Å²) in [4.78, 5) is 24.3. The number of benzene rings is 2. The van der Waals surface area contributed by atoms with Crippen molar-refractivity contribution in [3.05, 3.63) is 54.1 Å². The lowest BCUT2D eigenvalue weighted by atomic mass is 10.2. The second-order valence-corrected chi connectivity index (χ2v) is 4.97. The van der Waals surface area contributed by atoms with Gasteiger partial charge in [0, 0.05) is 0 Å². The fourth-order valence-electron chi connectivity index (χ4n) is 2.01. The molecule has 1 N–H and O–H groups in total. The molecule has 0 bridgehead atoms. The van der Waals surface area contributed by atoms with E-state index in [1.807, 2.05) is 0 Å². The minimum Gasteiger partial charge on any atom is -0.497 e. The van der Waals surface area contributed by atoms with Crippen LogP contribution >= 0.6 is 0 Å². The zero-order chi connectivity index (χ0) is 17.5. The quantitative estimate of drug-likeness (QED) is 0.825. The predicted octanol–water partition coefficient (Wildman–Crippen LogP) is 2.89. The average molecular weight is 329 g/mol. The first-order valence-corrected chi connectivity index (χ1v) is 7.34. The Morgan fingerprint density at radius 3 is 2.46 bits per heavy atom. The summed E-state index contributed by atoms with van der Waals surface area (Å²) in [6.07, 6.45) is -0.964. The first-order chi connectivity index (χ1) is 11.5. The molecule has 2 aromatic carbocycles. The van der Waals surface area contributed by atoms with Crippen LogP contribution in [-0.2, 0) is 9.53 Å². The van der Waals surface area contributed by atoms with E-state index in [0.29, 0.717) is 22.7 Å². The summed E-state index contributed by atoms with van der Waals surface area (Å²) < 4.78 is 15.4. The number of methoxy groups -OCH3 is 2. The molecule has 0 heterocycles. The smallest absolute Gasteiger partial charge is 0.339 e. The molecule has 0 saturated carbocycles. The SMILES string of the molecule is COc1cccc(C(=O)O[C@@H](C)C(=O)Nc2ccccc2OC)c1. The van der Waals surface area contributed by atoms with Gasteiger partial charge in [-0.1, -0.05) is 18.2 Å². The van der Waals surface area contributed by atoms with E-state index < -0.39 is 18.0 Å². The Bertz CT molecular complexity index is 729. The summed E-state index contributed by atoms with van der Waals surface area (Å²) in [7, 11) is 3.02. The van der Waals surface area contributed by atoms with Crippen molar-refractivity contribution in [1.29, 1.82) is 0 Å². The predicted molar refractivity (Wildman–Crippen MR) is 89.5 cm³/mol. The standard InChI is InChI=1S/C18H19NO5/c1-12(17(20)19-15-9-4-5-10-16(15)23-3)24-18(21)13-7-6-8-14(11-13)22-2/h4-12H,1-3H3,(H,19,20)/t12-/m0/s1. The summed E-state index contributed by atoms with van der Waals surface area (Å²) in [5, 5.41) is 2.67. The van der Waals surface area contributed by atoms with Crippen molar-refractivity contribution in [2.75, 3.05) is 19.5 Å². The van der Waals surface area contributed by atoms with Crippen LogP contribution in [0.3, 0.4) is 0 Å². The third-order valence-corrected chi connectivity index (χ3v) is 3.32. The van der Waals surface area contributed by atoms with Gasteiger partial charge < -0.3 is 19.5 Å². The maximum absolute atomic E-state index is 12.2. The number of carbonyl (C=O) groups excluding carboxylic acids is 2. The van der Waals surface area contributed by atoms with Gasteiger partial charge in [0.05, 0.1) is 25.5 Å². The Morgan fingerprint density at radius 1 is 1.00 bits per heavy atom. The van der Waals surface area contributed by atoms with Gasteiger partial charge in [0.1, 0.15) is 11.5 Å². The zero-order valence-corrected chi connectivity index (χ0v) is 13.7. The minimum atomic E-state index is -0.964. The molecule has 0 radical (unpaired) electrons. The summed E-state index contributed by atoms with van der Waals surface area (Å²) in [6.45, 7) is 1.50. The molecule has 0 aliphatic rings. The van der Waals surface area contributed by atoms with Crippen molar-refractivity contribution in [1.82, 2.24) is 0 Å². The first-order valence-electron chi connectivity index (χ1n) is 7.34. The fraction of sp³-hybridized carbons (Fsp3) is 0.222. The van der Waals surface area contributed by atoms with Gasteiger partial charge in [-0.25, -0.2) is 4.79 Å². The van der Waals surface area contributed by atoms with Gasteiger partial charge in [0.25, 0.3) is 5.91 Å². The van der Waals surface area contributed by atoms with E-state index in [0.717, 1.165) is 0 Å². The largest absolute Gasteiger partial charge is 0.497 e. The monoisotopic (exact) mass is 329 g/mol. The summed E-state index contributed by atoms with van der Waals surface area (Å²) in [5.41, 5.74) is 0.820. The molecule has 6 heteroatoms. The van der Waals surface area contributed by atoms with Gasteiger partial charge in [-0.3, -0.25) is 4.79 Å². The molecule has 0 fully saturated rings. The van der Waals surface area contributed by atoms with Crippen LogP contribution in [0.25, 0.3) is 0 Å². The molecule has 1 atom stereocenters. The van der Waals surface area contributed by atoms with Crippen molar-refractivity contribution >= 4 is 17.6 Å². The van der Waals surface area contributed by atoms with Gasteiger partial charge in [0.15, 0.2) is 6.10 Å². The van der Waals surface area contributed by atoms with Gasteiger partial charge in [-0.2, -0.15) is 0 Å². The molecule has 6 nitrogen and oxygen atoms in total. The second-order valence-electron chi connectivity index (χ2n) is 4.97. The fourth-order valence-corrected chi connectivity index (χ4v) is 2.01. The Balaban J connectivity index is 2.01. The molecule has 0 aliphatic carbocycles. The van der Waals surface area contributed by atoms with E-state index in [1.54, 1.807) is 48.5 Å². The van der Waals surface area contributed by atoms with Crippen LogP contribution in [0, 0.1) is 0 Å². The van der Waals surface area contributed by atoms with Gasteiger partial charge >= 0.3 is 5.97 Å². The Kier molecular flexibility index (Phi) is 5.78. The topological polar surface area (TPSA) is 73.9 Å². The van der Waals surface area contributed by atoms with Gasteiger partial charge in [-0.05, 0) is 37.3 Å². The third-order valence-electron chi connectivity index (χ3n) is 3.32. The highest BCUT2D eigenvalue weighted by Crippen LogP contribution is 2.23. The van der Waals surface area contributed by atoms with Crippen molar-refractivity contribution in [2.24, 2.45) is 0 Å². The molecular formula is C18H19NO5. The highest BCUT2D eigenvalue weighted by atomic mass is 16.5. The summed E-state index contributed by atoms with van der Waals surface area (Å²) in [5.74, 6) is 0.0140. The van der Waals surface area contributed by atoms with Crippen LogP contribution in [0.4, 0.5) is 5.69 Å². The van der Waals surface area contributed by atoms with E-state index in [2.05, 4.69) is 5.32 Å². The van der Waals surface area contributed by atoms with Crippen LogP contribution < -0.4 is 14.8 Å². The van der Waals surface area contributed by atoms with E-state index in [-0.39, 0.29) is 0 Å². The van der Waals surface area contributed by atoms with Crippen LogP contribution in [0.1, 0.15) is 17.3 Å². The van der Waals surface area contributed by atoms with Crippen molar-refractivity contribution in [3.8, 4) is 11.5 Å². The number of rotatable bonds is 6. The van der Waals surface area contributed by atoms with Crippen LogP contribution in [0.15, 0.2) is 48.5 Å². The Morgan fingerprint density at radius 2 is 1.75 bits per heavy atom. The number of para-hydroxylation sites is 2. The molecule has 126 valence electrons. The molecule has 0 unspecified atom stereocenters. The van der Waals surface area contributed by atoms with E-state index in [4.69, 9.17) is 14.2 Å². The number of carbonyl (C=O) groups is 2. The number of anilines is 1. The highest BCUT2D eigenvalue weighted by molar-refractivity contribution is 5.98. The molecular weight excluding hydrogens is 310 g/mol. The average Bonchev–Trinajstić information content (AvgIpc) is 2.62. The van der Waals surface area contributed by atoms with Crippen molar-refractivity contribution in [3.63, 3.8) is 0 Å². The molecule has 24 heavy (non-hydrogen) atoms. The normalized spacial score (nSPS) is 11.3. The van der Waals surface area contributed by atoms with Gasteiger partial charge in [-0.15, -0.1) is 0 Å². The van der Waals surface area contributed by atoms with Crippen molar-refractivity contribution < 1.29 is 23.8 Å². The molecule has 2 aromatic rings. The summed E-state index contributed by atoms with van der Waals surface area (Å²) >= 11 is 0. The molecule has 0 aliphatic heterocycles. The number of ether oxygens (including phenoxy) is 3. The third kappa shape index (κ3) is 4.25. The summed E-state index contributed by atoms with van der Waals surface area (Å²) in [6, 6.07) is 13.5. The minimum absolute atomic E-state index is 0.311. The lowest BCUT2D eigenvalue weighted by molar-refractivity contribution is -0.123. The number of hydrogen-bond acceptors (Lipinski definition) is 5. The number of nitrogens with one attached hydrogen (secondary N) is 1. The Labute approximate surface area is 140 Å². The molecule has 0 aromatic heterocycles. The van der Waals surface area contributed by atoms with E-state index in [1.165, 1.54) is 21.1 Å². The highest BCUT2D eigenvalue weighted by Gasteiger charge is 2.20. The molecule has 0 saturated heterocycles. The number of hydrogen-bond donors (Lipinski definition) is 1. The Hall–Kier alpha value is -3.02. The van der Waals surface area contributed by atoms with Crippen molar-refractivity contribution in [2.45, 2.75) is 13.0 Å². The lowest BCUT2D eigenvalue weighted by Gasteiger charge is -2.15. The lowest BCUT2D eigenvalue weighted by Crippen LogP contribution is -2.30. The first kappa shape index (κ1) is 17.3. The maximum atomic E-state index is 12.2. The van der Waals surface area contributed by atoms with Crippen LogP contribution in [0.2, 0.25) is 0 Å². The molecule has 0 spiro atoms. The van der Waals surface area contributed by atoms with Gasteiger partial charge in [0.2, 0.25) is 0 Å². The zero-order valence-electron chi connectivity index (χ0n) is 13.7. The number of esters is 1. The molecule has 2 rings (SSSR count). The van der Waals surface area contributed by atoms with E-state index in [9.17, 15) is 9.59 Å². The molecule has 1 amide bonds. The van der Waals surface area contributed by atoms with E-state index >= 15 is 0 Å². The second kappa shape index (κ2) is 8.01. The number of amides is 1. The van der Waals surface area contributed by atoms with Crippen LogP contribution in [0.5, 0.6) is 11.5 Å². The maximum Gasteiger partial charge on any atom is 0.339 e. The van der Waals surface area contributed by atoms with Crippen LogP contribution in [-0.4, -0.2) is 32.2 Å².